The summed E-state index contributed by atoms with van der Waals surface area (Å²) in [6, 6.07) is 33.7. The number of aliphatic imine (C=N–C) groups is 1. The van der Waals surface area contributed by atoms with Gasteiger partial charge < -0.3 is 4.74 Å². The lowest BCUT2D eigenvalue weighted by Gasteiger charge is -2.18. The van der Waals surface area contributed by atoms with Gasteiger partial charge in [0, 0.05) is 23.5 Å². The molecule has 1 atom stereocenters. The van der Waals surface area contributed by atoms with Crippen molar-refractivity contribution in [3.8, 4) is 5.75 Å². The van der Waals surface area contributed by atoms with Crippen molar-refractivity contribution >= 4 is 24.9 Å². The first kappa shape index (κ1) is 22.0. The molecule has 0 fully saturated rings. The number of aryl methyl sites for hydroxylation is 2. The van der Waals surface area contributed by atoms with Crippen LogP contribution in [-0.2, 0) is 6.61 Å². The van der Waals surface area contributed by atoms with Crippen LogP contribution >= 0.6 is 8.58 Å². The van der Waals surface area contributed by atoms with Crippen molar-refractivity contribution in [2.75, 3.05) is 7.05 Å². The Morgan fingerprint density at radius 1 is 0.812 bits per heavy atom. The average molecular weight is 438 g/mol. The summed E-state index contributed by atoms with van der Waals surface area (Å²) in [5, 5.41) is 2.53. The van der Waals surface area contributed by atoms with Crippen molar-refractivity contribution in [2.45, 2.75) is 20.5 Å². The molecule has 4 rings (SSSR count). The Kier molecular flexibility index (Phi) is 7.14. The van der Waals surface area contributed by atoms with E-state index in [4.69, 9.17) is 4.74 Å². The molecule has 160 valence electrons. The minimum atomic E-state index is 0.472. The van der Waals surface area contributed by atoms with Crippen LogP contribution in [0.4, 0.5) is 0 Å². The van der Waals surface area contributed by atoms with Gasteiger partial charge in [0.2, 0.25) is 0 Å². The van der Waals surface area contributed by atoms with E-state index in [9.17, 15) is 0 Å². The van der Waals surface area contributed by atoms with Gasteiger partial charge >= 0.3 is 0 Å². The molecule has 0 saturated heterocycles. The Balaban J connectivity index is 1.70. The van der Waals surface area contributed by atoms with Crippen LogP contribution in [0, 0.1) is 13.8 Å². The Morgan fingerprint density at radius 3 is 2.25 bits per heavy atom. The van der Waals surface area contributed by atoms with Crippen molar-refractivity contribution in [1.29, 1.82) is 0 Å². The first-order valence-electron chi connectivity index (χ1n) is 10.8. The number of benzene rings is 4. The number of rotatable bonds is 7. The summed E-state index contributed by atoms with van der Waals surface area (Å²) in [5.41, 5.74) is 7.03. The quantitative estimate of drug-likeness (QED) is 0.257. The van der Waals surface area contributed by atoms with Gasteiger partial charge in [-0.15, -0.1) is 0 Å². The molecule has 0 radical (unpaired) electrons. The Morgan fingerprint density at radius 2 is 1.53 bits per heavy atom. The normalized spacial score (nSPS) is 11.8. The molecule has 0 aliphatic carbocycles. The van der Waals surface area contributed by atoms with E-state index >= 15 is 0 Å². The molecule has 32 heavy (non-hydrogen) atoms. The highest BCUT2D eigenvalue weighted by molar-refractivity contribution is 7.56. The maximum atomic E-state index is 6.28. The van der Waals surface area contributed by atoms with Gasteiger partial charge in [0.1, 0.15) is 12.4 Å². The largest absolute Gasteiger partial charge is 0.488 e. The van der Waals surface area contributed by atoms with Gasteiger partial charge in [0.05, 0.1) is 5.71 Å². The maximum absolute atomic E-state index is 6.28. The molecule has 1 unspecified atom stereocenters. The lowest BCUT2D eigenvalue weighted by molar-refractivity contribution is 0.309. The van der Waals surface area contributed by atoms with Gasteiger partial charge in [-0.2, -0.15) is 0 Å². The minimum absolute atomic E-state index is 0.472. The summed E-state index contributed by atoms with van der Waals surface area (Å²) in [5.74, 6) is 0.946. The van der Waals surface area contributed by atoms with Crippen molar-refractivity contribution in [2.24, 2.45) is 4.99 Å². The van der Waals surface area contributed by atoms with E-state index in [0.717, 1.165) is 17.0 Å². The first-order chi connectivity index (χ1) is 15.7. The van der Waals surface area contributed by atoms with Crippen LogP contribution in [-0.4, -0.2) is 12.8 Å². The molecule has 0 saturated carbocycles. The maximum Gasteiger partial charge on any atom is 0.127 e. The molecule has 4 aromatic rings. The standard InChI is InChI=1S/C29H28NOP/c1-21-17-18-26(31-20-23-12-6-4-7-13-23)27(19-21)32-29-22(2)11-10-16-25(29)28(30-3)24-14-8-5-9-15-24/h4-19,32H,20H2,1-3H3. The molecule has 0 spiro atoms. The summed E-state index contributed by atoms with van der Waals surface area (Å²) in [7, 11) is 2.35. The number of hydrogen-bond acceptors (Lipinski definition) is 2. The fraction of sp³-hybridized carbons (Fsp3) is 0.138. The van der Waals surface area contributed by atoms with E-state index in [1.807, 2.05) is 31.3 Å². The second-order valence-corrected chi connectivity index (χ2v) is 9.12. The van der Waals surface area contributed by atoms with Crippen molar-refractivity contribution in [3.63, 3.8) is 0 Å². The topological polar surface area (TPSA) is 21.6 Å². The molecule has 2 nitrogen and oxygen atoms in total. The fourth-order valence-electron chi connectivity index (χ4n) is 3.77. The zero-order valence-corrected chi connectivity index (χ0v) is 19.8. The highest BCUT2D eigenvalue weighted by Crippen LogP contribution is 2.26. The van der Waals surface area contributed by atoms with E-state index < -0.39 is 0 Å². The van der Waals surface area contributed by atoms with E-state index in [1.165, 1.54) is 32.9 Å². The fourth-order valence-corrected chi connectivity index (χ4v) is 5.23. The second-order valence-electron chi connectivity index (χ2n) is 7.83. The van der Waals surface area contributed by atoms with E-state index in [0.29, 0.717) is 15.2 Å². The van der Waals surface area contributed by atoms with Crippen molar-refractivity contribution in [3.05, 3.63) is 125 Å². The monoisotopic (exact) mass is 437 g/mol. The third kappa shape index (κ3) is 5.15. The predicted octanol–water partition coefficient (Wildman–Crippen LogP) is 5.98. The van der Waals surface area contributed by atoms with Gasteiger partial charge in [0.25, 0.3) is 0 Å². The molecular formula is C29H28NOP. The van der Waals surface area contributed by atoms with Crippen LogP contribution in [0.15, 0.2) is 102 Å². The van der Waals surface area contributed by atoms with Gasteiger partial charge in [-0.25, -0.2) is 0 Å². The number of hydrogen-bond donors (Lipinski definition) is 0. The lowest BCUT2D eigenvalue weighted by Crippen LogP contribution is -2.19. The average Bonchev–Trinajstić information content (AvgIpc) is 2.82. The highest BCUT2D eigenvalue weighted by atomic mass is 31.1. The number of nitrogens with zero attached hydrogens (tertiary/aromatic N) is 1. The predicted molar refractivity (Wildman–Crippen MR) is 139 cm³/mol. The van der Waals surface area contributed by atoms with Crippen LogP contribution in [0.1, 0.15) is 27.8 Å². The molecule has 3 heteroatoms. The molecule has 0 aromatic heterocycles. The summed E-state index contributed by atoms with van der Waals surface area (Å²) >= 11 is 0. The second kappa shape index (κ2) is 10.4. The summed E-state index contributed by atoms with van der Waals surface area (Å²) in [6.07, 6.45) is 0. The van der Waals surface area contributed by atoms with Gasteiger partial charge in [-0.3, -0.25) is 4.99 Å². The van der Waals surface area contributed by atoms with Crippen molar-refractivity contribution < 1.29 is 4.74 Å². The van der Waals surface area contributed by atoms with Gasteiger partial charge in [-0.1, -0.05) is 99.1 Å². The summed E-state index contributed by atoms with van der Waals surface area (Å²) < 4.78 is 6.28. The zero-order chi connectivity index (χ0) is 22.3. The smallest absolute Gasteiger partial charge is 0.127 e. The van der Waals surface area contributed by atoms with E-state index in [1.54, 1.807) is 0 Å². The SMILES string of the molecule is CN=C(c1ccccc1)c1cccc(C)c1Pc1cc(C)ccc1OCc1ccccc1. The van der Waals surface area contributed by atoms with Crippen LogP contribution in [0.5, 0.6) is 5.75 Å². The van der Waals surface area contributed by atoms with Crippen LogP contribution in [0.3, 0.4) is 0 Å². The molecule has 4 aromatic carbocycles. The Labute approximate surface area is 192 Å². The van der Waals surface area contributed by atoms with Crippen LogP contribution < -0.4 is 15.3 Å². The molecule has 0 aliphatic heterocycles. The minimum Gasteiger partial charge on any atom is -0.488 e. The Bertz CT molecular complexity index is 1220. The molecule has 0 heterocycles. The van der Waals surface area contributed by atoms with E-state index in [-0.39, 0.29) is 0 Å². The van der Waals surface area contributed by atoms with Gasteiger partial charge in [0.15, 0.2) is 0 Å². The molecule has 0 amide bonds. The third-order valence-electron chi connectivity index (χ3n) is 5.43. The molecule has 0 aliphatic rings. The van der Waals surface area contributed by atoms with Gasteiger partial charge in [-0.05, 0) is 42.4 Å². The van der Waals surface area contributed by atoms with Crippen molar-refractivity contribution in [1.82, 2.24) is 0 Å². The van der Waals surface area contributed by atoms with E-state index in [2.05, 4.69) is 91.6 Å². The summed E-state index contributed by atoms with van der Waals surface area (Å²) in [6.45, 7) is 4.88. The zero-order valence-electron chi connectivity index (χ0n) is 18.8. The first-order valence-corrected chi connectivity index (χ1v) is 11.8. The molecule has 0 bridgehead atoms. The third-order valence-corrected chi connectivity index (χ3v) is 7.00. The van der Waals surface area contributed by atoms with Crippen LogP contribution in [0.2, 0.25) is 0 Å². The van der Waals surface area contributed by atoms with Crippen LogP contribution in [0.25, 0.3) is 0 Å². The molecule has 0 N–H and O–H groups in total. The summed E-state index contributed by atoms with van der Waals surface area (Å²) in [4.78, 5) is 4.68. The Hall–Kier alpha value is -3.22. The lowest BCUT2D eigenvalue weighted by atomic mass is 10.0. The number of ether oxygens (including phenoxy) is 1. The highest BCUT2D eigenvalue weighted by Gasteiger charge is 2.16. The molecular weight excluding hydrogens is 409 g/mol.